The Balaban J connectivity index is 0.000000396. The molecule has 0 unspecified atom stereocenters. The number of carboxylic acids is 1. The fraction of sp³-hybridized carbons (Fsp3) is 0.850. The van der Waals surface area contributed by atoms with Gasteiger partial charge in [0.15, 0.2) is 0 Å². The monoisotopic (exact) mass is 435 g/mol. The van der Waals surface area contributed by atoms with Crippen molar-refractivity contribution in [1.29, 1.82) is 0 Å². The molecule has 0 spiro atoms. The van der Waals surface area contributed by atoms with Gasteiger partial charge in [0.05, 0.1) is 5.41 Å². The normalized spacial score (nSPS) is 27.4. The third-order valence-corrected chi connectivity index (χ3v) is 6.45. The summed E-state index contributed by atoms with van der Waals surface area (Å²) in [6, 6.07) is 0.292. The first-order valence-electron chi connectivity index (χ1n) is 10.5. The zero-order valence-corrected chi connectivity index (χ0v) is 17.9. The molecule has 0 aliphatic carbocycles. The summed E-state index contributed by atoms with van der Waals surface area (Å²) < 4.78 is 31.7. The minimum Gasteiger partial charge on any atom is -0.475 e. The molecule has 3 heterocycles. The van der Waals surface area contributed by atoms with Crippen LogP contribution in [0.1, 0.15) is 46.0 Å². The highest BCUT2D eigenvalue weighted by Gasteiger charge is 2.54. The van der Waals surface area contributed by atoms with Crippen molar-refractivity contribution < 1.29 is 32.7 Å². The quantitative estimate of drug-likeness (QED) is 0.719. The van der Waals surface area contributed by atoms with Gasteiger partial charge in [0.2, 0.25) is 11.8 Å². The summed E-state index contributed by atoms with van der Waals surface area (Å²) in [7, 11) is 2.14. The van der Waals surface area contributed by atoms with E-state index in [0.717, 1.165) is 64.8 Å². The molecule has 172 valence electrons. The van der Waals surface area contributed by atoms with Crippen LogP contribution in [0.25, 0.3) is 0 Å². The topological polar surface area (TPSA) is 81.2 Å². The van der Waals surface area contributed by atoms with Crippen LogP contribution in [0.2, 0.25) is 0 Å². The zero-order valence-electron chi connectivity index (χ0n) is 17.9. The lowest BCUT2D eigenvalue weighted by Gasteiger charge is -2.37. The summed E-state index contributed by atoms with van der Waals surface area (Å²) in [4.78, 5) is 41.0. The number of hydrogen-bond donors (Lipinski definition) is 1. The molecule has 30 heavy (non-hydrogen) atoms. The van der Waals surface area contributed by atoms with Gasteiger partial charge in [0.1, 0.15) is 0 Å². The van der Waals surface area contributed by atoms with Gasteiger partial charge in [0.25, 0.3) is 0 Å². The van der Waals surface area contributed by atoms with E-state index in [1.54, 1.807) is 0 Å². The lowest BCUT2D eigenvalue weighted by atomic mass is 9.75. The number of carbonyl (C=O) groups excluding carboxylic acids is 2. The Labute approximate surface area is 175 Å². The van der Waals surface area contributed by atoms with Gasteiger partial charge in [-0.3, -0.25) is 9.59 Å². The number of fused-ring (bicyclic) bond motifs is 1. The number of carboxylic acid groups (broad SMARTS) is 1. The van der Waals surface area contributed by atoms with Gasteiger partial charge >= 0.3 is 12.1 Å². The van der Waals surface area contributed by atoms with Crippen LogP contribution in [-0.2, 0) is 14.4 Å². The van der Waals surface area contributed by atoms with Gasteiger partial charge < -0.3 is 19.8 Å². The number of hydrogen-bond acceptors (Lipinski definition) is 4. The number of likely N-dealkylation sites (tertiary alicyclic amines) is 3. The van der Waals surface area contributed by atoms with Gasteiger partial charge in [-0.2, -0.15) is 13.2 Å². The van der Waals surface area contributed by atoms with Crippen LogP contribution < -0.4 is 0 Å². The number of amides is 2. The summed E-state index contributed by atoms with van der Waals surface area (Å²) in [6.45, 7) is 8.30. The SMILES string of the molecule is CC(C)C(=O)N1CC[C@H]2N(C)CC[C@@]2(C(=O)N2CCCC2)CC1.O=C(O)C(F)(F)F. The summed E-state index contributed by atoms with van der Waals surface area (Å²) in [5.74, 6) is -2.12. The van der Waals surface area contributed by atoms with Crippen LogP contribution >= 0.6 is 0 Å². The highest BCUT2D eigenvalue weighted by atomic mass is 19.4. The molecular formula is C20H32F3N3O4. The van der Waals surface area contributed by atoms with Crippen molar-refractivity contribution in [2.75, 3.05) is 39.8 Å². The molecule has 1 N–H and O–H groups in total. The Hall–Kier alpha value is -1.84. The van der Waals surface area contributed by atoms with Gasteiger partial charge in [-0.05, 0) is 45.7 Å². The van der Waals surface area contributed by atoms with E-state index >= 15 is 0 Å². The van der Waals surface area contributed by atoms with Crippen LogP contribution in [0, 0.1) is 11.3 Å². The second kappa shape index (κ2) is 9.53. The minimum absolute atomic E-state index is 0.0379. The molecule has 2 atom stereocenters. The van der Waals surface area contributed by atoms with Gasteiger partial charge in [-0.1, -0.05) is 13.8 Å². The molecule has 2 amide bonds. The van der Waals surface area contributed by atoms with E-state index < -0.39 is 12.1 Å². The molecule has 0 saturated carbocycles. The predicted molar refractivity (Wildman–Crippen MR) is 104 cm³/mol. The van der Waals surface area contributed by atoms with Crippen molar-refractivity contribution in [2.24, 2.45) is 11.3 Å². The van der Waals surface area contributed by atoms with Crippen LogP contribution in [-0.4, -0.2) is 89.6 Å². The first kappa shape index (κ1) is 24.4. The third kappa shape index (κ3) is 5.25. The molecule has 7 nitrogen and oxygen atoms in total. The van der Waals surface area contributed by atoms with Gasteiger partial charge in [-0.25, -0.2) is 4.79 Å². The second-order valence-electron chi connectivity index (χ2n) is 8.72. The van der Waals surface area contributed by atoms with Crippen molar-refractivity contribution in [3.05, 3.63) is 0 Å². The summed E-state index contributed by atoms with van der Waals surface area (Å²) in [5.41, 5.74) is -0.259. The summed E-state index contributed by atoms with van der Waals surface area (Å²) >= 11 is 0. The van der Waals surface area contributed by atoms with Crippen LogP contribution in [0.3, 0.4) is 0 Å². The average Bonchev–Trinajstić information content (AvgIpc) is 3.25. The number of rotatable bonds is 2. The van der Waals surface area contributed by atoms with E-state index in [9.17, 15) is 22.8 Å². The molecule has 0 aromatic heterocycles. The van der Waals surface area contributed by atoms with Gasteiger partial charge in [0, 0.05) is 38.1 Å². The van der Waals surface area contributed by atoms with E-state index in [1.165, 1.54) is 0 Å². The Morgan fingerprint density at radius 2 is 1.50 bits per heavy atom. The van der Waals surface area contributed by atoms with Crippen LogP contribution in [0.5, 0.6) is 0 Å². The molecule has 0 aromatic rings. The predicted octanol–water partition coefficient (Wildman–Crippen LogP) is 2.21. The molecule has 3 aliphatic heterocycles. The lowest BCUT2D eigenvalue weighted by Crippen LogP contribution is -2.49. The molecule has 3 fully saturated rings. The highest BCUT2D eigenvalue weighted by Crippen LogP contribution is 2.45. The second-order valence-corrected chi connectivity index (χ2v) is 8.72. The standard InChI is InChI=1S/C18H31N3O2.C2HF3O2/c1-14(2)16(22)20-11-6-15-18(8-13-20,7-12-19(15)3)17(23)21-9-4-5-10-21;3-2(4,5)1(6)7/h14-15H,4-13H2,1-3H3;(H,6,7)/t15-,18-;/m1./s1. The molecule has 3 rings (SSSR count). The average molecular weight is 435 g/mol. The fourth-order valence-corrected chi connectivity index (χ4v) is 4.81. The molecule has 3 saturated heterocycles. The summed E-state index contributed by atoms with van der Waals surface area (Å²) in [5, 5.41) is 7.12. The minimum atomic E-state index is -5.08. The molecule has 10 heteroatoms. The van der Waals surface area contributed by atoms with Crippen molar-refractivity contribution in [2.45, 2.75) is 58.2 Å². The van der Waals surface area contributed by atoms with E-state index in [0.29, 0.717) is 11.9 Å². The maximum absolute atomic E-state index is 13.3. The van der Waals surface area contributed by atoms with Gasteiger partial charge in [-0.15, -0.1) is 0 Å². The first-order valence-corrected chi connectivity index (χ1v) is 10.5. The summed E-state index contributed by atoms with van der Waals surface area (Å²) in [6.07, 6.45) is -0.0991. The third-order valence-electron chi connectivity index (χ3n) is 6.45. The maximum atomic E-state index is 13.3. The van der Waals surface area contributed by atoms with Crippen molar-refractivity contribution in [1.82, 2.24) is 14.7 Å². The Morgan fingerprint density at radius 3 is 2.00 bits per heavy atom. The fourth-order valence-electron chi connectivity index (χ4n) is 4.81. The number of nitrogens with zero attached hydrogens (tertiary/aromatic N) is 3. The van der Waals surface area contributed by atoms with E-state index in [1.807, 2.05) is 18.7 Å². The molecule has 3 aliphatic rings. The van der Waals surface area contributed by atoms with Crippen molar-refractivity contribution >= 4 is 17.8 Å². The molecule has 0 aromatic carbocycles. The first-order chi connectivity index (χ1) is 13.9. The van der Waals surface area contributed by atoms with Crippen molar-refractivity contribution in [3.8, 4) is 0 Å². The molecular weight excluding hydrogens is 403 g/mol. The van der Waals surface area contributed by atoms with E-state index in [2.05, 4.69) is 16.8 Å². The van der Waals surface area contributed by atoms with E-state index in [-0.39, 0.29) is 17.2 Å². The number of aliphatic carboxylic acids is 1. The largest absolute Gasteiger partial charge is 0.490 e. The Bertz CT molecular complexity index is 650. The maximum Gasteiger partial charge on any atom is 0.490 e. The van der Waals surface area contributed by atoms with Crippen molar-refractivity contribution in [3.63, 3.8) is 0 Å². The highest BCUT2D eigenvalue weighted by molar-refractivity contribution is 5.85. The zero-order chi connectivity index (χ0) is 22.7. The molecule has 0 radical (unpaired) electrons. The Kier molecular flexibility index (Phi) is 7.76. The number of carbonyl (C=O) groups is 3. The molecule has 0 bridgehead atoms. The number of alkyl halides is 3. The number of halogens is 3. The van der Waals surface area contributed by atoms with Crippen LogP contribution in [0.15, 0.2) is 0 Å². The lowest BCUT2D eigenvalue weighted by molar-refractivity contribution is -0.192. The smallest absolute Gasteiger partial charge is 0.475 e. The Morgan fingerprint density at radius 1 is 0.967 bits per heavy atom. The van der Waals surface area contributed by atoms with E-state index in [4.69, 9.17) is 9.90 Å². The van der Waals surface area contributed by atoms with Crippen LogP contribution in [0.4, 0.5) is 13.2 Å².